The van der Waals surface area contributed by atoms with Crippen LogP contribution >= 0.6 is 0 Å². The first kappa shape index (κ1) is 18.8. The van der Waals surface area contributed by atoms with Crippen molar-refractivity contribution in [1.82, 2.24) is 20.7 Å². The molecule has 2 aliphatic heterocycles. The SMILES string of the molecule is O=C(COc1cccnc1)N1CCC(C2NNCC2c2cccc(F)c2)CC1. The molecular formula is C21H25FN4O2. The van der Waals surface area contributed by atoms with Crippen molar-refractivity contribution in [3.63, 3.8) is 0 Å². The van der Waals surface area contributed by atoms with Crippen LogP contribution in [0.4, 0.5) is 4.39 Å². The lowest BCUT2D eigenvalue weighted by molar-refractivity contribution is -0.134. The molecule has 3 heterocycles. The summed E-state index contributed by atoms with van der Waals surface area (Å²) >= 11 is 0. The lowest BCUT2D eigenvalue weighted by atomic mass is 9.80. The third-order valence-electron chi connectivity index (χ3n) is 5.70. The number of amides is 1. The quantitative estimate of drug-likeness (QED) is 0.827. The number of carbonyl (C=O) groups is 1. The van der Waals surface area contributed by atoms with Crippen LogP contribution in [0.1, 0.15) is 24.3 Å². The zero-order chi connectivity index (χ0) is 19.3. The highest BCUT2D eigenvalue weighted by Crippen LogP contribution is 2.32. The Morgan fingerprint density at radius 3 is 2.86 bits per heavy atom. The van der Waals surface area contributed by atoms with Crippen LogP contribution in [0, 0.1) is 11.7 Å². The number of nitrogens with one attached hydrogen (secondary N) is 2. The molecule has 0 bridgehead atoms. The Labute approximate surface area is 164 Å². The number of halogens is 1. The van der Waals surface area contributed by atoms with Gasteiger partial charge in [-0.05, 0) is 48.6 Å². The molecular weight excluding hydrogens is 359 g/mol. The maximum atomic E-state index is 13.6. The third kappa shape index (κ3) is 4.31. The van der Waals surface area contributed by atoms with Crippen molar-refractivity contribution in [3.05, 3.63) is 60.2 Å². The van der Waals surface area contributed by atoms with Gasteiger partial charge in [-0.3, -0.25) is 20.6 Å². The second-order valence-corrected chi connectivity index (χ2v) is 7.41. The van der Waals surface area contributed by atoms with Crippen LogP contribution < -0.4 is 15.6 Å². The highest BCUT2D eigenvalue weighted by Gasteiger charge is 2.37. The Hall–Kier alpha value is -2.51. The van der Waals surface area contributed by atoms with E-state index < -0.39 is 0 Å². The molecule has 2 saturated heterocycles. The Kier molecular flexibility index (Phi) is 5.83. The highest BCUT2D eigenvalue weighted by molar-refractivity contribution is 5.77. The minimum Gasteiger partial charge on any atom is -0.482 e. The molecule has 1 aromatic carbocycles. The number of rotatable bonds is 5. The van der Waals surface area contributed by atoms with Crippen LogP contribution in [-0.2, 0) is 4.79 Å². The molecule has 2 aliphatic rings. The number of hydrogen-bond donors (Lipinski definition) is 2. The van der Waals surface area contributed by atoms with E-state index in [1.165, 1.54) is 6.07 Å². The predicted molar refractivity (Wildman–Crippen MR) is 103 cm³/mol. The number of piperidine rings is 1. The molecule has 148 valence electrons. The smallest absolute Gasteiger partial charge is 0.260 e. The molecule has 2 fully saturated rings. The Morgan fingerprint density at radius 2 is 2.11 bits per heavy atom. The van der Waals surface area contributed by atoms with Gasteiger partial charge in [0.1, 0.15) is 11.6 Å². The number of hydrazine groups is 1. The maximum absolute atomic E-state index is 13.6. The lowest BCUT2D eigenvalue weighted by Gasteiger charge is -2.36. The lowest BCUT2D eigenvalue weighted by Crippen LogP contribution is -2.46. The molecule has 0 spiro atoms. The summed E-state index contributed by atoms with van der Waals surface area (Å²) in [6.45, 7) is 2.25. The molecule has 0 saturated carbocycles. The summed E-state index contributed by atoms with van der Waals surface area (Å²) in [5, 5.41) is 0. The normalized spacial score (nSPS) is 23.0. The molecule has 4 rings (SSSR count). The van der Waals surface area contributed by atoms with Crippen LogP contribution in [-0.4, -0.2) is 48.1 Å². The molecule has 2 atom stereocenters. The number of ether oxygens (including phenoxy) is 1. The van der Waals surface area contributed by atoms with Crippen LogP contribution in [0.2, 0.25) is 0 Å². The number of pyridine rings is 1. The number of aromatic nitrogens is 1. The first-order chi connectivity index (χ1) is 13.7. The van der Waals surface area contributed by atoms with E-state index in [-0.39, 0.29) is 30.3 Å². The van der Waals surface area contributed by atoms with Crippen molar-refractivity contribution in [2.75, 3.05) is 26.2 Å². The molecule has 2 N–H and O–H groups in total. The summed E-state index contributed by atoms with van der Waals surface area (Å²) < 4.78 is 19.1. The van der Waals surface area contributed by atoms with Crippen molar-refractivity contribution < 1.29 is 13.9 Å². The number of benzene rings is 1. The van der Waals surface area contributed by atoms with Crippen LogP contribution in [0.25, 0.3) is 0 Å². The van der Waals surface area contributed by atoms with Crippen molar-refractivity contribution in [2.45, 2.75) is 24.8 Å². The fourth-order valence-electron chi connectivity index (χ4n) is 4.20. The van der Waals surface area contributed by atoms with Gasteiger partial charge >= 0.3 is 0 Å². The van der Waals surface area contributed by atoms with E-state index >= 15 is 0 Å². The van der Waals surface area contributed by atoms with E-state index in [1.807, 2.05) is 11.0 Å². The van der Waals surface area contributed by atoms with Gasteiger partial charge in [0.15, 0.2) is 6.61 Å². The summed E-state index contributed by atoms with van der Waals surface area (Å²) in [4.78, 5) is 18.3. The second-order valence-electron chi connectivity index (χ2n) is 7.41. The summed E-state index contributed by atoms with van der Waals surface area (Å²) in [5.74, 6) is 1.08. The van der Waals surface area contributed by atoms with Crippen molar-refractivity contribution in [1.29, 1.82) is 0 Å². The Bertz CT molecular complexity index is 796. The van der Waals surface area contributed by atoms with Crippen molar-refractivity contribution >= 4 is 5.91 Å². The van der Waals surface area contributed by atoms with E-state index in [9.17, 15) is 9.18 Å². The van der Waals surface area contributed by atoms with Gasteiger partial charge in [0.2, 0.25) is 0 Å². The molecule has 2 aromatic rings. The standard InChI is InChI=1S/C21H25FN4O2/c22-17-4-1-3-16(11-17)19-13-24-25-21(19)15-6-9-26(10-7-15)20(27)14-28-18-5-2-8-23-12-18/h1-5,8,11-12,15,19,21,24-25H,6-7,9-10,13-14H2. The average Bonchev–Trinajstić information content (AvgIpc) is 3.23. The highest BCUT2D eigenvalue weighted by atomic mass is 19.1. The van der Waals surface area contributed by atoms with E-state index in [0.29, 0.717) is 24.8 Å². The molecule has 28 heavy (non-hydrogen) atoms. The van der Waals surface area contributed by atoms with E-state index in [4.69, 9.17) is 4.74 Å². The number of carbonyl (C=O) groups excluding carboxylic acids is 1. The Morgan fingerprint density at radius 1 is 1.25 bits per heavy atom. The number of hydrogen-bond acceptors (Lipinski definition) is 5. The van der Waals surface area contributed by atoms with Crippen molar-refractivity contribution in [2.24, 2.45) is 5.92 Å². The van der Waals surface area contributed by atoms with Crippen molar-refractivity contribution in [3.8, 4) is 5.75 Å². The van der Waals surface area contributed by atoms with Gasteiger partial charge in [-0.1, -0.05) is 12.1 Å². The molecule has 7 heteroatoms. The van der Waals surface area contributed by atoms with Crippen LogP contribution in [0.5, 0.6) is 5.75 Å². The molecule has 0 aliphatic carbocycles. The third-order valence-corrected chi connectivity index (χ3v) is 5.70. The monoisotopic (exact) mass is 384 g/mol. The van der Waals surface area contributed by atoms with Gasteiger partial charge in [0.25, 0.3) is 5.91 Å². The summed E-state index contributed by atoms with van der Waals surface area (Å²) in [5.41, 5.74) is 7.63. The minimum atomic E-state index is -0.197. The molecule has 2 unspecified atom stereocenters. The fourth-order valence-corrected chi connectivity index (χ4v) is 4.20. The summed E-state index contributed by atoms with van der Waals surface area (Å²) in [6.07, 6.45) is 5.11. The van der Waals surface area contributed by atoms with Gasteiger partial charge < -0.3 is 9.64 Å². The van der Waals surface area contributed by atoms with E-state index in [1.54, 1.807) is 36.7 Å². The number of nitrogens with zero attached hydrogens (tertiary/aromatic N) is 2. The average molecular weight is 384 g/mol. The molecule has 6 nitrogen and oxygen atoms in total. The predicted octanol–water partition coefficient (Wildman–Crippen LogP) is 2.10. The van der Waals surface area contributed by atoms with E-state index in [0.717, 1.165) is 24.9 Å². The molecule has 0 radical (unpaired) electrons. The first-order valence-electron chi connectivity index (χ1n) is 9.75. The number of likely N-dealkylation sites (tertiary alicyclic amines) is 1. The topological polar surface area (TPSA) is 66.5 Å². The zero-order valence-electron chi connectivity index (χ0n) is 15.7. The first-order valence-corrected chi connectivity index (χ1v) is 9.75. The van der Waals surface area contributed by atoms with Crippen LogP contribution in [0.3, 0.4) is 0 Å². The molecule has 1 aromatic heterocycles. The van der Waals surface area contributed by atoms with Crippen LogP contribution in [0.15, 0.2) is 48.8 Å². The second kappa shape index (κ2) is 8.67. The summed E-state index contributed by atoms with van der Waals surface area (Å²) in [6, 6.07) is 10.7. The minimum absolute atomic E-state index is 0.00138. The Balaban J connectivity index is 1.30. The maximum Gasteiger partial charge on any atom is 0.260 e. The van der Waals surface area contributed by atoms with E-state index in [2.05, 4.69) is 15.8 Å². The van der Waals surface area contributed by atoms with Gasteiger partial charge in [-0.15, -0.1) is 0 Å². The molecule has 1 amide bonds. The van der Waals surface area contributed by atoms with Gasteiger partial charge in [-0.2, -0.15) is 0 Å². The fraction of sp³-hybridized carbons (Fsp3) is 0.429. The zero-order valence-corrected chi connectivity index (χ0v) is 15.7. The van der Waals surface area contributed by atoms with Gasteiger partial charge in [0.05, 0.1) is 6.20 Å². The summed E-state index contributed by atoms with van der Waals surface area (Å²) in [7, 11) is 0. The largest absolute Gasteiger partial charge is 0.482 e. The van der Waals surface area contributed by atoms with Gasteiger partial charge in [-0.25, -0.2) is 4.39 Å². The van der Waals surface area contributed by atoms with Gasteiger partial charge in [0, 0.05) is 37.8 Å².